The zero-order valence-corrected chi connectivity index (χ0v) is 37.3. The van der Waals surface area contributed by atoms with Gasteiger partial charge in [-0.15, -0.1) is 0 Å². The van der Waals surface area contributed by atoms with Crippen LogP contribution in [-0.4, -0.2) is 11.4 Å². The van der Waals surface area contributed by atoms with Gasteiger partial charge in [0.1, 0.15) is 11.2 Å². The summed E-state index contributed by atoms with van der Waals surface area (Å²) < 4.78 is 9.93. The molecular formula is C59H49BN2O. The average Bonchev–Trinajstić information content (AvgIpc) is 3.90. The highest BCUT2D eigenvalue weighted by Gasteiger charge is 2.48. The number of aromatic nitrogens is 1. The molecule has 0 saturated heterocycles. The molecule has 2 aliphatic heterocycles. The lowest BCUT2D eigenvalue weighted by Crippen LogP contribution is -2.60. The molecule has 0 spiro atoms. The zero-order valence-electron chi connectivity index (χ0n) is 37.3. The number of benzene rings is 8. The number of anilines is 2. The normalized spacial score (nSPS) is 14.7. The molecule has 0 bridgehead atoms. The standard InChI is InChI=1S/C59H49BN2O/c1-57(2,3)36-24-28-47-42(30-36)51-52-40-19-13-15-21-50(40)63-56(52)53-43-32-41-39-18-12-14-20-44(39)59(7,8)45(41)33-49(43)62(38-26-22-35(23-27-38)34-16-10-9-11-17-34)60-46-31-37(58(4,5)6)25-29-48(46)61(47)55(51)54(53)60/h9-33H,1-8H3. The van der Waals surface area contributed by atoms with Crippen molar-refractivity contribution in [3.8, 4) is 39.1 Å². The van der Waals surface area contributed by atoms with Crippen molar-refractivity contribution in [2.24, 2.45) is 0 Å². The summed E-state index contributed by atoms with van der Waals surface area (Å²) in [6.45, 7) is 18.6. The SMILES string of the molecule is CC(C)(C)c1ccc2c(c1)B1c3c(c4oc5ccccc5c4c4c5cc(C(C)(C)C)ccc5n-2c34)-c2cc3c(cc2N1c1ccc(-c2ccccc2)cc1)C(C)(C)c1ccccc1-3. The van der Waals surface area contributed by atoms with Crippen LogP contribution >= 0.6 is 0 Å². The fourth-order valence-electron chi connectivity index (χ4n) is 11.6. The second-order valence-corrected chi connectivity index (χ2v) is 20.9. The van der Waals surface area contributed by atoms with E-state index in [1.807, 2.05) is 0 Å². The number of para-hydroxylation sites is 1. The first kappa shape index (κ1) is 36.8. The van der Waals surface area contributed by atoms with Crippen molar-refractivity contribution in [1.82, 2.24) is 4.57 Å². The molecular weight excluding hydrogens is 763 g/mol. The fourth-order valence-corrected chi connectivity index (χ4v) is 11.6. The van der Waals surface area contributed by atoms with E-state index in [1.165, 1.54) is 111 Å². The molecule has 0 unspecified atom stereocenters. The summed E-state index contributed by atoms with van der Waals surface area (Å²) >= 11 is 0. The lowest BCUT2D eigenvalue weighted by molar-refractivity contribution is 0.590. The summed E-state index contributed by atoms with van der Waals surface area (Å²) in [4.78, 5) is 2.69. The number of fused-ring (bicyclic) bond motifs is 16. The second kappa shape index (κ2) is 12.2. The van der Waals surface area contributed by atoms with E-state index < -0.39 is 0 Å². The number of furan rings is 1. The number of hydrogen-bond acceptors (Lipinski definition) is 2. The molecule has 1 aliphatic carbocycles. The van der Waals surface area contributed by atoms with Crippen LogP contribution in [0.3, 0.4) is 0 Å². The zero-order chi connectivity index (χ0) is 42.9. The summed E-state index contributed by atoms with van der Waals surface area (Å²) in [5, 5.41) is 4.92. The molecule has 13 rings (SSSR count). The first-order valence-corrected chi connectivity index (χ1v) is 22.6. The van der Waals surface area contributed by atoms with E-state index in [2.05, 4.69) is 216 Å². The Balaban J connectivity index is 1.25. The van der Waals surface area contributed by atoms with Gasteiger partial charge in [0.25, 0.3) is 0 Å². The first-order chi connectivity index (χ1) is 30.3. The molecule has 304 valence electrons. The van der Waals surface area contributed by atoms with Crippen LogP contribution in [0.4, 0.5) is 11.4 Å². The Hall–Kier alpha value is -6.78. The average molecular weight is 813 g/mol. The highest BCUT2D eigenvalue weighted by atomic mass is 16.3. The Labute approximate surface area is 369 Å². The Morgan fingerprint density at radius 2 is 1.22 bits per heavy atom. The smallest absolute Gasteiger partial charge is 0.333 e. The van der Waals surface area contributed by atoms with Crippen molar-refractivity contribution >= 4 is 72.9 Å². The molecule has 3 aliphatic rings. The molecule has 3 nitrogen and oxygen atoms in total. The molecule has 2 aromatic heterocycles. The monoisotopic (exact) mass is 812 g/mol. The lowest BCUT2D eigenvalue weighted by Gasteiger charge is -2.43. The van der Waals surface area contributed by atoms with Crippen molar-refractivity contribution in [1.29, 1.82) is 0 Å². The lowest BCUT2D eigenvalue weighted by atomic mass is 9.43. The maximum Gasteiger partial charge on any atom is 0.333 e. The Bertz CT molecular complexity index is 3610. The summed E-state index contributed by atoms with van der Waals surface area (Å²) in [5.41, 5.74) is 23.3. The molecule has 63 heavy (non-hydrogen) atoms. The summed E-state index contributed by atoms with van der Waals surface area (Å²) in [5.74, 6) is 0. The number of nitrogens with zero attached hydrogens (tertiary/aromatic N) is 2. The molecule has 0 atom stereocenters. The summed E-state index contributed by atoms with van der Waals surface area (Å²) in [6.07, 6.45) is 0. The van der Waals surface area contributed by atoms with E-state index in [4.69, 9.17) is 4.42 Å². The van der Waals surface area contributed by atoms with Gasteiger partial charge in [-0.25, -0.2) is 0 Å². The van der Waals surface area contributed by atoms with Crippen molar-refractivity contribution in [2.75, 3.05) is 4.81 Å². The van der Waals surface area contributed by atoms with Gasteiger partial charge < -0.3 is 13.8 Å². The molecule has 0 fully saturated rings. The van der Waals surface area contributed by atoms with E-state index in [0.717, 1.165) is 16.6 Å². The minimum absolute atomic E-state index is 0.0251. The van der Waals surface area contributed by atoms with Crippen LogP contribution in [-0.2, 0) is 16.2 Å². The summed E-state index contributed by atoms with van der Waals surface area (Å²) in [6, 6.07) is 57.4. The summed E-state index contributed by atoms with van der Waals surface area (Å²) in [7, 11) is 0. The van der Waals surface area contributed by atoms with Gasteiger partial charge in [-0.2, -0.15) is 0 Å². The van der Waals surface area contributed by atoms with Crippen molar-refractivity contribution in [3.05, 3.63) is 174 Å². The van der Waals surface area contributed by atoms with E-state index in [0.29, 0.717) is 0 Å². The molecule has 8 aromatic carbocycles. The quantitative estimate of drug-likeness (QED) is 0.162. The maximum absolute atomic E-state index is 7.32. The van der Waals surface area contributed by atoms with Gasteiger partial charge in [-0.05, 0) is 115 Å². The van der Waals surface area contributed by atoms with Gasteiger partial charge in [0.15, 0.2) is 0 Å². The van der Waals surface area contributed by atoms with E-state index in [9.17, 15) is 0 Å². The minimum atomic E-state index is -0.177. The third-order valence-electron chi connectivity index (χ3n) is 14.9. The van der Waals surface area contributed by atoms with Gasteiger partial charge in [0.2, 0.25) is 0 Å². The third kappa shape index (κ3) is 4.87. The van der Waals surface area contributed by atoms with Gasteiger partial charge in [0, 0.05) is 55.1 Å². The first-order valence-electron chi connectivity index (χ1n) is 22.6. The van der Waals surface area contributed by atoms with Crippen molar-refractivity contribution < 1.29 is 4.42 Å². The molecule has 10 aromatic rings. The fraction of sp³-hybridized carbons (Fsp3) is 0.186. The van der Waals surface area contributed by atoms with Crippen LogP contribution in [0, 0.1) is 0 Å². The third-order valence-corrected chi connectivity index (χ3v) is 14.9. The van der Waals surface area contributed by atoms with Crippen LogP contribution in [0.25, 0.3) is 82.8 Å². The highest BCUT2D eigenvalue weighted by molar-refractivity contribution is 6.94. The maximum atomic E-state index is 7.32. The second-order valence-electron chi connectivity index (χ2n) is 20.9. The number of hydrogen-bond donors (Lipinski definition) is 0. The van der Waals surface area contributed by atoms with Crippen molar-refractivity contribution in [2.45, 2.75) is 71.6 Å². The van der Waals surface area contributed by atoms with Crippen molar-refractivity contribution in [3.63, 3.8) is 0 Å². The number of rotatable bonds is 2. The van der Waals surface area contributed by atoms with Crippen LogP contribution in [0.5, 0.6) is 0 Å². The molecule has 4 heterocycles. The van der Waals surface area contributed by atoms with Gasteiger partial charge in [-0.1, -0.05) is 159 Å². The van der Waals surface area contributed by atoms with Gasteiger partial charge in [-0.3, -0.25) is 0 Å². The van der Waals surface area contributed by atoms with Gasteiger partial charge in [0.05, 0.1) is 11.0 Å². The van der Waals surface area contributed by atoms with E-state index >= 15 is 0 Å². The molecule has 0 amide bonds. The molecule has 0 saturated carbocycles. The van der Waals surface area contributed by atoms with E-state index in [-0.39, 0.29) is 23.1 Å². The largest absolute Gasteiger partial charge is 0.455 e. The van der Waals surface area contributed by atoms with Crippen LogP contribution in [0.1, 0.15) is 77.6 Å². The Morgan fingerprint density at radius 1 is 0.540 bits per heavy atom. The highest BCUT2D eigenvalue weighted by Crippen LogP contribution is 2.56. The predicted octanol–water partition coefficient (Wildman–Crippen LogP) is 14.5. The Kier molecular flexibility index (Phi) is 7.15. The predicted molar refractivity (Wildman–Crippen MR) is 267 cm³/mol. The minimum Gasteiger partial charge on any atom is -0.455 e. The van der Waals surface area contributed by atoms with Crippen LogP contribution in [0.2, 0.25) is 0 Å². The topological polar surface area (TPSA) is 21.3 Å². The van der Waals surface area contributed by atoms with Crippen LogP contribution < -0.4 is 15.7 Å². The molecule has 0 N–H and O–H groups in total. The van der Waals surface area contributed by atoms with Crippen LogP contribution in [0.15, 0.2) is 156 Å². The van der Waals surface area contributed by atoms with Gasteiger partial charge >= 0.3 is 6.85 Å². The molecule has 4 heteroatoms. The molecule has 0 radical (unpaired) electrons. The van der Waals surface area contributed by atoms with E-state index in [1.54, 1.807) is 0 Å². The Morgan fingerprint density at radius 3 is 2.00 bits per heavy atom.